The van der Waals surface area contributed by atoms with Crippen molar-refractivity contribution in [1.82, 2.24) is 0 Å². The van der Waals surface area contributed by atoms with Gasteiger partial charge in [-0.2, -0.15) is 4.39 Å². The summed E-state index contributed by atoms with van der Waals surface area (Å²) in [6.45, 7) is 0.795. The summed E-state index contributed by atoms with van der Waals surface area (Å²) in [6, 6.07) is 1.52. The van der Waals surface area contributed by atoms with Gasteiger partial charge in [0.15, 0.2) is 17.6 Å². The normalized spacial score (nSPS) is 25.5. The highest BCUT2D eigenvalue weighted by Gasteiger charge is 2.29. The van der Waals surface area contributed by atoms with Gasteiger partial charge in [0.1, 0.15) is 6.26 Å². The molecule has 7 heteroatoms. The van der Waals surface area contributed by atoms with Crippen molar-refractivity contribution in [3.05, 3.63) is 23.7 Å². The third-order valence-electron chi connectivity index (χ3n) is 4.51. The minimum absolute atomic E-state index is 0.0285. The van der Waals surface area contributed by atoms with E-state index in [4.69, 9.17) is 13.9 Å². The standard InChI is InChI=1S/C16H18FNO5/c17-13-14(20)9(16-21-4-5-22-16)6-8-11(7-23-15(8)13)18-10-2-1-3-12(10)19/h6-7,10,12,16,18-20H,1-5H2/t10-,12-/m0/s1. The first-order chi connectivity index (χ1) is 11.1. The average Bonchev–Trinajstić information content (AvgIpc) is 3.26. The second-order valence-electron chi connectivity index (χ2n) is 5.98. The third-order valence-corrected chi connectivity index (χ3v) is 4.51. The van der Waals surface area contributed by atoms with Crippen molar-refractivity contribution in [3.63, 3.8) is 0 Å². The lowest BCUT2D eigenvalue weighted by Crippen LogP contribution is -2.27. The molecule has 1 aromatic heterocycles. The van der Waals surface area contributed by atoms with Crippen molar-refractivity contribution >= 4 is 16.7 Å². The van der Waals surface area contributed by atoms with Crippen LogP contribution in [-0.2, 0) is 9.47 Å². The van der Waals surface area contributed by atoms with Crippen LogP contribution in [0.2, 0.25) is 0 Å². The van der Waals surface area contributed by atoms with Gasteiger partial charge in [0.05, 0.1) is 36.6 Å². The molecule has 1 saturated heterocycles. The van der Waals surface area contributed by atoms with Crippen molar-refractivity contribution in [2.75, 3.05) is 18.5 Å². The second kappa shape index (κ2) is 5.67. The summed E-state index contributed by atoms with van der Waals surface area (Å²) in [5, 5.41) is 23.7. The Morgan fingerprint density at radius 3 is 2.70 bits per heavy atom. The number of anilines is 1. The first-order valence-corrected chi connectivity index (χ1v) is 7.75. The van der Waals surface area contributed by atoms with Crippen LogP contribution < -0.4 is 5.32 Å². The van der Waals surface area contributed by atoms with Gasteiger partial charge < -0.3 is 29.4 Å². The minimum Gasteiger partial charge on any atom is -0.504 e. The molecule has 0 radical (unpaired) electrons. The maximum atomic E-state index is 14.4. The quantitative estimate of drug-likeness (QED) is 0.805. The maximum absolute atomic E-state index is 14.4. The van der Waals surface area contributed by atoms with Crippen molar-refractivity contribution in [2.45, 2.75) is 37.7 Å². The Labute approximate surface area is 131 Å². The maximum Gasteiger partial charge on any atom is 0.208 e. The fourth-order valence-corrected chi connectivity index (χ4v) is 3.28. The number of halogens is 1. The van der Waals surface area contributed by atoms with Crippen LogP contribution in [0, 0.1) is 5.82 Å². The number of benzene rings is 1. The molecular formula is C16H18FNO5. The number of phenolic OH excluding ortho intramolecular Hbond substituents is 1. The number of rotatable bonds is 3. The number of phenols is 1. The van der Waals surface area contributed by atoms with Gasteiger partial charge in [-0.1, -0.05) is 0 Å². The van der Waals surface area contributed by atoms with E-state index in [0.717, 1.165) is 19.3 Å². The Bertz CT molecular complexity index is 725. The van der Waals surface area contributed by atoms with Gasteiger partial charge >= 0.3 is 0 Å². The van der Waals surface area contributed by atoms with Crippen molar-refractivity contribution in [3.8, 4) is 5.75 Å². The number of nitrogens with one attached hydrogen (secondary N) is 1. The van der Waals surface area contributed by atoms with E-state index in [1.807, 2.05) is 0 Å². The number of ether oxygens (including phenoxy) is 2. The van der Waals surface area contributed by atoms with Gasteiger partial charge in [-0.25, -0.2) is 0 Å². The van der Waals surface area contributed by atoms with E-state index < -0.39 is 24.0 Å². The highest BCUT2D eigenvalue weighted by Crippen LogP contribution is 2.40. The molecule has 1 aliphatic heterocycles. The molecule has 124 valence electrons. The molecule has 23 heavy (non-hydrogen) atoms. The summed E-state index contributed by atoms with van der Waals surface area (Å²) in [7, 11) is 0. The minimum atomic E-state index is -0.836. The molecule has 1 aromatic carbocycles. The molecule has 4 rings (SSSR count). The summed E-state index contributed by atoms with van der Waals surface area (Å²) >= 11 is 0. The SMILES string of the molecule is Oc1c(C2OCCO2)cc2c(N[C@H]3CCC[C@@H]3O)coc2c1F. The van der Waals surface area contributed by atoms with E-state index in [1.165, 1.54) is 6.26 Å². The Morgan fingerprint density at radius 1 is 1.22 bits per heavy atom. The lowest BCUT2D eigenvalue weighted by molar-refractivity contribution is -0.0456. The second-order valence-corrected chi connectivity index (χ2v) is 5.98. The molecular weight excluding hydrogens is 305 g/mol. The summed E-state index contributed by atoms with van der Waals surface area (Å²) < 4.78 is 30.3. The summed E-state index contributed by atoms with van der Waals surface area (Å²) in [5.74, 6) is -1.36. The van der Waals surface area contributed by atoms with Gasteiger partial charge in [0, 0.05) is 5.39 Å². The van der Waals surface area contributed by atoms with E-state index in [2.05, 4.69) is 5.32 Å². The molecule has 6 nitrogen and oxygen atoms in total. The molecule has 1 saturated carbocycles. The van der Waals surface area contributed by atoms with Crippen LogP contribution in [0.3, 0.4) is 0 Å². The molecule has 3 N–H and O–H groups in total. The fourth-order valence-electron chi connectivity index (χ4n) is 3.28. The number of aromatic hydroxyl groups is 1. The topological polar surface area (TPSA) is 84.1 Å². The molecule has 2 heterocycles. The van der Waals surface area contributed by atoms with Gasteiger partial charge in [-0.15, -0.1) is 0 Å². The Morgan fingerprint density at radius 2 is 2.00 bits per heavy atom. The zero-order valence-electron chi connectivity index (χ0n) is 12.4. The lowest BCUT2D eigenvalue weighted by atomic mass is 10.1. The largest absolute Gasteiger partial charge is 0.504 e. The summed E-state index contributed by atoms with van der Waals surface area (Å²) in [6.07, 6.45) is 2.72. The summed E-state index contributed by atoms with van der Waals surface area (Å²) in [4.78, 5) is 0. The van der Waals surface area contributed by atoms with E-state index in [1.54, 1.807) is 6.07 Å². The van der Waals surface area contributed by atoms with Gasteiger partial charge in [0.25, 0.3) is 0 Å². The van der Waals surface area contributed by atoms with E-state index >= 15 is 0 Å². The third kappa shape index (κ3) is 2.45. The monoisotopic (exact) mass is 323 g/mol. The summed E-state index contributed by atoms with van der Waals surface area (Å²) in [5.41, 5.74) is 0.798. The lowest BCUT2D eigenvalue weighted by Gasteiger charge is -2.17. The highest BCUT2D eigenvalue weighted by molar-refractivity contribution is 5.92. The molecule has 2 aromatic rings. The molecule has 0 spiro atoms. The smallest absolute Gasteiger partial charge is 0.208 e. The van der Waals surface area contributed by atoms with Crippen molar-refractivity contribution in [2.24, 2.45) is 0 Å². The first kappa shape index (κ1) is 14.7. The van der Waals surface area contributed by atoms with Crippen LogP contribution in [0.15, 0.2) is 16.7 Å². The molecule has 1 aliphatic carbocycles. The number of aliphatic hydroxyl groups is 1. The van der Waals surface area contributed by atoms with Crippen LogP contribution >= 0.6 is 0 Å². The van der Waals surface area contributed by atoms with Crippen molar-refractivity contribution in [1.29, 1.82) is 0 Å². The van der Waals surface area contributed by atoms with Crippen LogP contribution in [0.25, 0.3) is 11.0 Å². The van der Waals surface area contributed by atoms with Gasteiger partial charge in [-0.3, -0.25) is 0 Å². The molecule has 0 unspecified atom stereocenters. The molecule has 0 amide bonds. The zero-order valence-corrected chi connectivity index (χ0v) is 12.4. The molecule has 2 atom stereocenters. The van der Waals surface area contributed by atoms with Crippen LogP contribution in [0.5, 0.6) is 5.75 Å². The van der Waals surface area contributed by atoms with Gasteiger partial charge in [0.2, 0.25) is 5.82 Å². The number of fused-ring (bicyclic) bond motifs is 1. The van der Waals surface area contributed by atoms with Crippen LogP contribution in [-0.4, -0.2) is 35.6 Å². The average molecular weight is 323 g/mol. The van der Waals surface area contributed by atoms with Gasteiger partial charge in [-0.05, 0) is 25.3 Å². The zero-order chi connectivity index (χ0) is 16.0. The fraction of sp³-hybridized carbons (Fsp3) is 0.500. The molecule has 0 bridgehead atoms. The number of furan rings is 1. The Hall–Kier alpha value is -1.83. The highest BCUT2D eigenvalue weighted by atomic mass is 19.1. The van der Waals surface area contributed by atoms with E-state index in [9.17, 15) is 14.6 Å². The molecule has 2 fully saturated rings. The van der Waals surface area contributed by atoms with E-state index in [-0.39, 0.29) is 17.2 Å². The predicted molar refractivity (Wildman–Crippen MR) is 79.8 cm³/mol. The number of aliphatic hydroxyl groups excluding tert-OH is 1. The van der Waals surface area contributed by atoms with E-state index in [0.29, 0.717) is 24.3 Å². The first-order valence-electron chi connectivity index (χ1n) is 7.75. The molecule has 2 aliphatic rings. The van der Waals surface area contributed by atoms with Crippen LogP contribution in [0.4, 0.5) is 10.1 Å². The Balaban J connectivity index is 1.74. The van der Waals surface area contributed by atoms with Crippen molar-refractivity contribution < 1.29 is 28.5 Å². The Kier molecular flexibility index (Phi) is 3.63. The van der Waals surface area contributed by atoms with Crippen LogP contribution in [0.1, 0.15) is 31.1 Å². The number of hydrogen-bond acceptors (Lipinski definition) is 6. The number of hydrogen-bond donors (Lipinski definition) is 3. The predicted octanol–water partition coefficient (Wildman–Crippen LogP) is 2.65.